The van der Waals surface area contributed by atoms with Gasteiger partial charge in [-0.2, -0.15) is 0 Å². The van der Waals surface area contributed by atoms with E-state index in [0.29, 0.717) is 6.61 Å². The van der Waals surface area contributed by atoms with Crippen LogP contribution in [0.2, 0.25) is 0 Å². The highest BCUT2D eigenvalue weighted by Gasteiger charge is 2.30. The first-order valence-electron chi connectivity index (χ1n) is 5.23. The minimum absolute atomic E-state index is 0.0349. The van der Waals surface area contributed by atoms with Crippen molar-refractivity contribution in [2.45, 2.75) is 38.2 Å². The van der Waals surface area contributed by atoms with E-state index < -0.39 is 0 Å². The molecule has 1 heteroatoms. The van der Waals surface area contributed by atoms with Crippen molar-refractivity contribution in [3.8, 4) is 0 Å². The van der Waals surface area contributed by atoms with E-state index in [1.807, 2.05) is 6.08 Å². The van der Waals surface area contributed by atoms with Gasteiger partial charge in [0.05, 0.1) is 12.2 Å². The lowest BCUT2D eigenvalue weighted by Gasteiger charge is -2.29. The van der Waals surface area contributed by atoms with Crippen LogP contribution in [0.25, 0.3) is 0 Å². The topological polar surface area (TPSA) is 9.23 Å². The first-order valence-corrected chi connectivity index (χ1v) is 5.23. The largest absolute Gasteiger partial charge is 0.370 e. The van der Waals surface area contributed by atoms with Gasteiger partial charge in [-0.1, -0.05) is 23.8 Å². The highest BCUT2D eigenvalue weighted by molar-refractivity contribution is 5.06. The lowest BCUT2D eigenvalue weighted by molar-refractivity contribution is -0.0270. The maximum atomic E-state index is 5.87. The van der Waals surface area contributed by atoms with Crippen molar-refractivity contribution in [3.63, 3.8) is 0 Å². The molecule has 0 saturated carbocycles. The molecule has 14 heavy (non-hydrogen) atoms. The third kappa shape index (κ3) is 3.15. The summed E-state index contributed by atoms with van der Waals surface area (Å²) in [6.45, 7) is 10.3. The van der Waals surface area contributed by atoms with Gasteiger partial charge in [0.2, 0.25) is 0 Å². The minimum atomic E-state index is 0.0349. The van der Waals surface area contributed by atoms with E-state index in [1.165, 1.54) is 5.57 Å². The summed E-state index contributed by atoms with van der Waals surface area (Å²) in [4.78, 5) is 0. The second-order valence-electron chi connectivity index (χ2n) is 4.12. The molecule has 0 spiro atoms. The molecule has 0 atom stereocenters. The monoisotopic (exact) mass is 192 g/mol. The highest BCUT2D eigenvalue weighted by Crippen LogP contribution is 2.33. The van der Waals surface area contributed by atoms with Crippen LogP contribution in [-0.2, 0) is 4.74 Å². The van der Waals surface area contributed by atoms with Gasteiger partial charge in [0.25, 0.3) is 0 Å². The highest BCUT2D eigenvalue weighted by atomic mass is 16.5. The second-order valence-corrected chi connectivity index (χ2v) is 4.12. The van der Waals surface area contributed by atoms with Crippen molar-refractivity contribution in [1.29, 1.82) is 0 Å². The van der Waals surface area contributed by atoms with Crippen LogP contribution in [0.5, 0.6) is 0 Å². The van der Waals surface area contributed by atoms with E-state index in [4.69, 9.17) is 4.74 Å². The molecule has 1 rings (SSSR count). The Morgan fingerprint density at radius 3 is 2.64 bits per heavy atom. The molecule has 0 aromatic carbocycles. The zero-order valence-corrected chi connectivity index (χ0v) is 9.09. The predicted molar refractivity (Wildman–Crippen MR) is 61.3 cm³/mol. The van der Waals surface area contributed by atoms with Crippen LogP contribution in [0.4, 0.5) is 0 Å². The Bertz CT molecular complexity index is 230. The molecule has 0 saturated heterocycles. The van der Waals surface area contributed by atoms with Crippen molar-refractivity contribution in [2.24, 2.45) is 0 Å². The molecule has 0 unspecified atom stereocenters. The van der Waals surface area contributed by atoms with Gasteiger partial charge in [0, 0.05) is 0 Å². The molecule has 0 radical (unpaired) electrons. The fraction of sp³-hybridized carbons (Fsp3) is 0.538. The molecule has 78 valence electrons. The van der Waals surface area contributed by atoms with Crippen molar-refractivity contribution in [3.05, 3.63) is 37.0 Å². The third-order valence-electron chi connectivity index (χ3n) is 2.66. The first kappa shape index (κ1) is 11.3. The number of hydrogen-bond donors (Lipinski definition) is 0. The third-order valence-corrected chi connectivity index (χ3v) is 2.66. The molecular weight excluding hydrogens is 172 g/mol. The molecule has 0 aliphatic heterocycles. The van der Waals surface area contributed by atoms with Gasteiger partial charge in [-0.05, 0) is 32.6 Å². The Balaban J connectivity index is 2.44. The van der Waals surface area contributed by atoms with Gasteiger partial charge >= 0.3 is 0 Å². The van der Waals surface area contributed by atoms with Gasteiger partial charge in [0.1, 0.15) is 0 Å². The maximum Gasteiger partial charge on any atom is 0.0758 e. The molecule has 0 aromatic heterocycles. The van der Waals surface area contributed by atoms with Crippen molar-refractivity contribution in [2.75, 3.05) is 6.61 Å². The fourth-order valence-corrected chi connectivity index (χ4v) is 1.75. The standard InChI is InChI=1S/C13H20O/c1-4-11-14-13(8-5-6-9-13)10-7-12(2)3/h4-6H,1-2,7-11H2,3H3. The summed E-state index contributed by atoms with van der Waals surface area (Å²) in [5.74, 6) is 0. The second kappa shape index (κ2) is 5.16. The first-order chi connectivity index (χ1) is 6.68. The molecule has 1 aliphatic carbocycles. The molecule has 0 aromatic rings. The van der Waals surface area contributed by atoms with E-state index in [0.717, 1.165) is 25.7 Å². The predicted octanol–water partition coefficient (Wildman–Crippen LogP) is 3.63. The molecule has 0 amide bonds. The van der Waals surface area contributed by atoms with Gasteiger partial charge in [0.15, 0.2) is 0 Å². The summed E-state index contributed by atoms with van der Waals surface area (Å²) in [5, 5.41) is 0. The average Bonchev–Trinajstić information content (AvgIpc) is 2.61. The summed E-state index contributed by atoms with van der Waals surface area (Å²) >= 11 is 0. The maximum absolute atomic E-state index is 5.87. The number of rotatable bonds is 6. The lowest BCUT2D eigenvalue weighted by atomic mass is 9.93. The summed E-state index contributed by atoms with van der Waals surface area (Å²) < 4.78 is 5.87. The van der Waals surface area contributed by atoms with Gasteiger partial charge in [-0.15, -0.1) is 13.2 Å². The quantitative estimate of drug-likeness (QED) is 0.584. The van der Waals surface area contributed by atoms with E-state index in [-0.39, 0.29) is 5.60 Å². The van der Waals surface area contributed by atoms with Gasteiger partial charge in [-0.25, -0.2) is 0 Å². The minimum Gasteiger partial charge on any atom is -0.370 e. The molecular formula is C13H20O. The van der Waals surface area contributed by atoms with E-state index in [1.54, 1.807) is 0 Å². The van der Waals surface area contributed by atoms with E-state index in [9.17, 15) is 0 Å². The Labute approximate surface area is 87.2 Å². The van der Waals surface area contributed by atoms with Gasteiger partial charge in [-0.3, -0.25) is 0 Å². The Kier molecular flexibility index (Phi) is 4.15. The zero-order chi connectivity index (χ0) is 10.4. The molecule has 0 N–H and O–H groups in total. The molecule has 0 fully saturated rings. The Hall–Kier alpha value is -0.820. The fourth-order valence-electron chi connectivity index (χ4n) is 1.75. The average molecular weight is 192 g/mol. The van der Waals surface area contributed by atoms with E-state index >= 15 is 0 Å². The molecule has 1 nitrogen and oxygen atoms in total. The van der Waals surface area contributed by atoms with Crippen LogP contribution < -0.4 is 0 Å². The van der Waals surface area contributed by atoms with Crippen LogP contribution in [-0.4, -0.2) is 12.2 Å². The number of hydrogen-bond acceptors (Lipinski definition) is 1. The summed E-state index contributed by atoms with van der Waals surface area (Å²) in [6.07, 6.45) is 10.4. The van der Waals surface area contributed by atoms with Crippen LogP contribution in [0.3, 0.4) is 0 Å². The number of allylic oxidation sites excluding steroid dienone is 1. The summed E-state index contributed by atoms with van der Waals surface area (Å²) in [6, 6.07) is 0. The number of ether oxygens (including phenoxy) is 1. The normalized spacial score (nSPS) is 18.4. The van der Waals surface area contributed by atoms with Crippen molar-refractivity contribution >= 4 is 0 Å². The van der Waals surface area contributed by atoms with E-state index in [2.05, 4.69) is 32.2 Å². The van der Waals surface area contributed by atoms with Crippen LogP contribution in [0.15, 0.2) is 37.0 Å². The SMILES string of the molecule is C=CCOC1(CCC(=C)C)CC=CC1. The summed E-state index contributed by atoms with van der Waals surface area (Å²) in [7, 11) is 0. The van der Waals surface area contributed by atoms with Crippen LogP contribution >= 0.6 is 0 Å². The van der Waals surface area contributed by atoms with Crippen LogP contribution in [0, 0.1) is 0 Å². The van der Waals surface area contributed by atoms with Crippen molar-refractivity contribution in [1.82, 2.24) is 0 Å². The Morgan fingerprint density at radius 1 is 1.50 bits per heavy atom. The molecule has 1 aliphatic rings. The smallest absolute Gasteiger partial charge is 0.0758 e. The van der Waals surface area contributed by atoms with Crippen LogP contribution in [0.1, 0.15) is 32.6 Å². The van der Waals surface area contributed by atoms with Gasteiger partial charge < -0.3 is 4.74 Å². The lowest BCUT2D eigenvalue weighted by Crippen LogP contribution is -2.29. The summed E-state index contributed by atoms with van der Waals surface area (Å²) in [5.41, 5.74) is 1.27. The zero-order valence-electron chi connectivity index (χ0n) is 9.09. The molecule has 0 heterocycles. The van der Waals surface area contributed by atoms with Crippen molar-refractivity contribution < 1.29 is 4.74 Å². The Morgan fingerprint density at radius 2 is 2.14 bits per heavy atom. The molecule has 0 bridgehead atoms.